The molecular weight excluding hydrogens is 286 g/mol. The van der Waals surface area contributed by atoms with Gasteiger partial charge in [-0.15, -0.1) is 0 Å². The first-order valence-corrected chi connectivity index (χ1v) is 9.63. The van der Waals surface area contributed by atoms with Gasteiger partial charge in [0.15, 0.2) is 0 Å². The summed E-state index contributed by atoms with van der Waals surface area (Å²) < 4.78 is 0. The fourth-order valence-corrected chi connectivity index (χ4v) is 7.05. The monoisotopic (exact) mass is 317 g/mol. The summed E-state index contributed by atoms with van der Waals surface area (Å²) in [5.41, 5.74) is 0.113. The van der Waals surface area contributed by atoms with Crippen molar-refractivity contribution in [2.75, 3.05) is 6.54 Å². The van der Waals surface area contributed by atoms with Crippen LogP contribution < -0.4 is 0 Å². The maximum absolute atomic E-state index is 12.7. The number of carbonyl (C=O) groups excluding carboxylic acids is 2. The van der Waals surface area contributed by atoms with Crippen LogP contribution in [0, 0.1) is 29.1 Å². The van der Waals surface area contributed by atoms with Gasteiger partial charge < -0.3 is 0 Å². The van der Waals surface area contributed by atoms with E-state index in [0.717, 1.165) is 32.2 Å². The van der Waals surface area contributed by atoms with Gasteiger partial charge >= 0.3 is 0 Å². The van der Waals surface area contributed by atoms with Crippen molar-refractivity contribution in [3.05, 3.63) is 0 Å². The molecule has 2 saturated carbocycles. The highest BCUT2D eigenvalue weighted by Gasteiger charge is 2.61. The Morgan fingerprint density at radius 1 is 1.04 bits per heavy atom. The second kappa shape index (κ2) is 4.91. The fraction of sp³-hybridized carbons (Fsp3) is 0.900. The Balaban J connectivity index is 1.67. The Morgan fingerprint density at radius 3 is 2.52 bits per heavy atom. The van der Waals surface area contributed by atoms with Crippen molar-refractivity contribution >= 4 is 11.6 Å². The second-order valence-corrected chi connectivity index (χ2v) is 9.32. The minimum atomic E-state index is -0.0603. The van der Waals surface area contributed by atoms with Crippen LogP contribution in [-0.4, -0.2) is 34.6 Å². The molecule has 128 valence electrons. The lowest BCUT2D eigenvalue weighted by molar-refractivity contribution is -0.154. The molecule has 23 heavy (non-hydrogen) atoms. The van der Waals surface area contributed by atoms with E-state index in [-0.39, 0.29) is 22.9 Å². The number of nitrogens with zero attached hydrogens (tertiary/aromatic N) is 1. The van der Waals surface area contributed by atoms with Crippen LogP contribution in [0.4, 0.5) is 0 Å². The maximum Gasteiger partial charge on any atom is 0.149 e. The minimum Gasteiger partial charge on any atom is -0.299 e. The summed E-state index contributed by atoms with van der Waals surface area (Å²) in [5.74, 6) is 3.14. The van der Waals surface area contributed by atoms with Gasteiger partial charge in [-0.3, -0.25) is 14.5 Å². The number of ketones is 2. The molecule has 2 aliphatic carbocycles. The molecule has 0 spiro atoms. The number of rotatable bonds is 0. The van der Waals surface area contributed by atoms with Crippen LogP contribution in [0.25, 0.3) is 0 Å². The van der Waals surface area contributed by atoms with Crippen LogP contribution in [0.2, 0.25) is 0 Å². The van der Waals surface area contributed by atoms with E-state index in [1.54, 1.807) is 0 Å². The number of hydrogen-bond donors (Lipinski definition) is 0. The lowest BCUT2D eigenvalue weighted by Crippen LogP contribution is -2.67. The van der Waals surface area contributed by atoms with E-state index in [0.29, 0.717) is 29.3 Å². The third-order valence-corrected chi connectivity index (χ3v) is 8.41. The molecule has 3 nitrogen and oxygen atoms in total. The number of hydrogen-bond acceptors (Lipinski definition) is 3. The lowest BCUT2D eigenvalue weighted by atomic mass is 9.52. The average Bonchev–Trinajstić information content (AvgIpc) is 2.75. The number of Topliss-reactive ketones (excluding diaryl/α,β-unsaturated/α-hetero) is 2. The molecule has 2 unspecified atom stereocenters. The van der Waals surface area contributed by atoms with E-state index >= 15 is 0 Å². The van der Waals surface area contributed by atoms with E-state index in [1.165, 1.54) is 12.8 Å². The SMILES string of the molecule is CC1C[C@H]2[C@@H]3CCN4C(C)C(=O)CC[C@]4(C)[C@@H]3CC[C@]2(C)C1=O. The predicted molar refractivity (Wildman–Crippen MR) is 90.0 cm³/mol. The van der Waals surface area contributed by atoms with Gasteiger partial charge in [-0.1, -0.05) is 13.8 Å². The fourth-order valence-electron chi connectivity index (χ4n) is 7.05. The van der Waals surface area contributed by atoms with Gasteiger partial charge in [0.25, 0.3) is 0 Å². The van der Waals surface area contributed by atoms with E-state index in [4.69, 9.17) is 0 Å². The van der Waals surface area contributed by atoms with Gasteiger partial charge in [0.1, 0.15) is 11.6 Å². The number of carbonyl (C=O) groups is 2. The summed E-state index contributed by atoms with van der Waals surface area (Å²) >= 11 is 0. The molecule has 0 aromatic rings. The quantitative estimate of drug-likeness (QED) is 0.686. The number of fused-ring (bicyclic) bond motifs is 5. The van der Waals surface area contributed by atoms with E-state index in [2.05, 4.69) is 32.6 Å². The molecule has 7 atom stereocenters. The molecule has 0 aromatic heterocycles. The standard InChI is InChI=1S/C20H31NO2/c1-12-11-16-14-7-10-21-13(2)17(22)6-9-20(21,4)15(14)5-8-19(16,3)18(12)23/h12-16H,5-11H2,1-4H3/t12?,13?,14-,15-,16+,19+,20-/m1/s1. The van der Waals surface area contributed by atoms with Crippen LogP contribution >= 0.6 is 0 Å². The molecule has 4 aliphatic rings. The zero-order chi connectivity index (χ0) is 16.6. The Hall–Kier alpha value is -0.700. The van der Waals surface area contributed by atoms with E-state index in [1.807, 2.05) is 0 Å². The van der Waals surface area contributed by atoms with Crippen LogP contribution in [-0.2, 0) is 9.59 Å². The van der Waals surface area contributed by atoms with E-state index in [9.17, 15) is 9.59 Å². The van der Waals surface area contributed by atoms with Crippen molar-refractivity contribution in [1.82, 2.24) is 4.90 Å². The molecular formula is C20H31NO2. The van der Waals surface area contributed by atoms with Crippen LogP contribution in [0.15, 0.2) is 0 Å². The van der Waals surface area contributed by atoms with Crippen molar-refractivity contribution < 1.29 is 9.59 Å². The van der Waals surface area contributed by atoms with Crippen LogP contribution in [0.1, 0.15) is 66.2 Å². The van der Waals surface area contributed by atoms with Crippen molar-refractivity contribution in [1.29, 1.82) is 0 Å². The van der Waals surface area contributed by atoms with Crippen molar-refractivity contribution in [2.24, 2.45) is 29.1 Å². The summed E-state index contributed by atoms with van der Waals surface area (Å²) in [5, 5.41) is 0. The first kappa shape index (κ1) is 15.8. The largest absolute Gasteiger partial charge is 0.299 e. The second-order valence-electron chi connectivity index (χ2n) is 9.32. The van der Waals surface area contributed by atoms with Gasteiger partial charge in [0, 0.05) is 23.3 Å². The first-order chi connectivity index (χ1) is 10.8. The zero-order valence-corrected chi connectivity index (χ0v) is 15.1. The summed E-state index contributed by atoms with van der Waals surface area (Å²) in [6.07, 6.45) is 6.27. The predicted octanol–water partition coefficient (Wildman–Crippen LogP) is 3.46. The Kier molecular flexibility index (Phi) is 3.37. The summed E-state index contributed by atoms with van der Waals surface area (Å²) in [6.45, 7) is 9.95. The molecule has 0 radical (unpaired) electrons. The summed E-state index contributed by atoms with van der Waals surface area (Å²) in [7, 11) is 0. The molecule has 4 rings (SSSR count). The molecule has 2 heterocycles. The first-order valence-electron chi connectivity index (χ1n) is 9.63. The van der Waals surface area contributed by atoms with Crippen LogP contribution in [0.3, 0.4) is 0 Å². The van der Waals surface area contributed by atoms with Gasteiger partial charge in [-0.25, -0.2) is 0 Å². The van der Waals surface area contributed by atoms with Crippen molar-refractivity contribution in [2.45, 2.75) is 77.8 Å². The Labute approximate surface area is 140 Å². The van der Waals surface area contributed by atoms with Crippen molar-refractivity contribution in [3.63, 3.8) is 0 Å². The van der Waals surface area contributed by atoms with Gasteiger partial charge in [0.05, 0.1) is 6.04 Å². The maximum atomic E-state index is 12.7. The van der Waals surface area contributed by atoms with Gasteiger partial charge in [-0.2, -0.15) is 0 Å². The Morgan fingerprint density at radius 2 is 1.78 bits per heavy atom. The number of piperidine rings is 2. The highest BCUT2D eigenvalue weighted by molar-refractivity contribution is 5.89. The van der Waals surface area contributed by atoms with Crippen LogP contribution in [0.5, 0.6) is 0 Å². The molecule has 3 heteroatoms. The lowest BCUT2D eigenvalue weighted by Gasteiger charge is -2.62. The summed E-state index contributed by atoms with van der Waals surface area (Å²) in [4.78, 5) is 27.4. The molecule has 2 aliphatic heterocycles. The minimum absolute atomic E-state index is 0.0603. The molecule has 0 N–H and O–H groups in total. The molecule has 0 aromatic carbocycles. The van der Waals surface area contributed by atoms with Gasteiger partial charge in [0.2, 0.25) is 0 Å². The smallest absolute Gasteiger partial charge is 0.149 e. The molecule has 2 saturated heterocycles. The Bertz CT molecular complexity index is 558. The van der Waals surface area contributed by atoms with E-state index < -0.39 is 0 Å². The third-order valence-electron chi connectivity index (χ3n) is 8.41. The average molecular weight is 317 g/mol. The highest BCUT2D eigenvalue weighted by Crippen LogP contribution is 2.61. The topological polar surface area (TPSA) is 37.4 Å². The zero-order valence-electron chi connectivity index (χ0n) is 15.1. The molecule has 0 bridgehead atoms. The van der Waals surface area contributed by atoms with Gasteiger partial charge in [-0.05, 0) is 70.3 Å². The van der Waals surface area contributed by atoms with Crippen molar-refractivity contribution in [3.8, 4) is 0 Å². The summed E-state index contributed by atoms with van der Waals surface area (Å²) in [6, 6.07) is 0.0899. The third kappa shape index (κ3) is 1.92. The normalized spacial score (nSPS) is 53.7. The molecule has 0 amide bonds. The highest BCUT2D eigenvalue weighted by atomic mass is 16.1. The molecule has 4 fully saturated rings.